The summed E-state index contributed by atoms with van der Waals surface area (Å²) in [6.07, 6.45) is 0. The van der Waals surface area contributed by atoms with Crippen LogP contribution in [0.4, 0.5) is 5.69 Å². The van der Waals surface area contributed by atoms with Crippen molar-refractivity contribution in [3.05, 3.63) is 71.0 Å². The Morgan fingerprint density at radius 2 is 1.77 bits per heavy atom. The van der Waals surface area contributed by atoms with Gasteiger partial charge in [-0.15, -0.1) is 0 Å². The lowest BCUT2D eigenvalue weighted by molar-refractivity contribution is -0.123. The zero-order chi connectivity index (χ0) is 22.9. The smallest absolute Gasteiger partial charge is 0.294 e. The number of hydrogen-bond acceptors (Lipinski definition) is 4. The Labute approximate surface area is 184 Å². The summed E-state index contributed by atoms with van der Waals surface area (Å²) in [5, 5.41) is 10.8. The molecule has 0 fully saturated rings. The van der Waals surface area contributed by atoms with Gasteiger partial charge in [0.2, 0.25) is 0 Å². The molecular weight excluding hydrogens is 390 g/mol. The minimum Gasteiger partial charge on any atom is -0.503 e. The molecule has 5 heteroatoms. The number of ether oxygens (including phenoxy) is 1. The number of rotatable bonds is 6. The van der Waals surface area contributed by atoms with E-state index in [2.05, 4.69) is 13.8 Å². The summed E-state index contributed by atoms with van der Waals surface area (Å²) < 4.78 is 5.64. The van der Waals surface area contributed by atoms with Gasteiger partial charge in [-0.2, -0.15) is 0 Å². The van der Waals surface area contributed by atoms with Crippen LogP contribution in [0.5, 0.6) is 5.75 Å². The minimum absolute atomic E-state index is 0.124. The van der Waals surface area contributed by atoms with Gasteiger partial charge < -0.3 is 9.84 Å². The molecule has 1 aliphatic rings. The Hall–Kier alpha value is -3.08. The second-order valence-electron chi connectivity index (χ2n) is 9.17. The average Bonchev–Trinajstić information content (AvgIpc) is 2.98. The topological polar surface area (TPSA) is 66.8 Å². The van der Waals surface area contributed by atoms with Crippen molar-refractivity contribution in [2.24, 2.45) is 5.41 Å². The number of carbonyl (C=O) groups is 2. The summed E-state index contributed by atoms with van der Waals surface area (Å²) in [6.45, 7) is 12.0. The standard InChI is InChI=1S/C26H31NO4/c1-7-31-20-10-8-9-18(15-20)22-21(24(29)26(4,5)6)23(28)25(30)27(22)19-13-11-17(12-14-19)16(2)3/h8-16,22,28H,7H2,1-6H3. The number of Topliss-reactive ketones (excluding diaryl/α,β-unsaturated/α-hetero) is 1. The second-order valence-corrected chi connectivity index (χ2v) is 9.17. The van der Waals surface area contributed by atoms with Crippen LogP contribution >= 0.6 is 0 Å². The first-order chi connectivity index (χ1) is 14.6. The van der Waals surface area contributed by atoms with E-state index >= 15 is 0 Å². The number of benzene rings is 2. The number of nitrogens with zero attached hydrogens (tertiary/aromatic N) is 1. The molecule has 0 spiro atoms. The van der Waals surface area contributed by atoms with Crippen LogP contribution in [-0.4, -0.2) is 23.4 Å². The van der Waals surface area contributed by atoms with Crippen LogP contribution in [0, 0.1) is 5.41 Å². The molecule has 0 radical (unpaired) electrons. The number of ketones is 1. The Morgan fingerprint density at radius 1 is 1.13 bits per heavy atom. The molecule has 164 valence electrons. The van der Waals surface area contributed by atoms with Crippen molar-refractivity contribution in [1.29, 1.82) is 0 Å². The molecule has 0 saturated heterocycles. The van der Waals surface area contributed by atoms with Crippen LogP contribution in [0.15, 0.2) is 59.9 Å². The highest BCUT2D eigenvalue weighted by Gasteiger charge is 2.46. The van der Waals surface area contributed by atoms with E-state index in [4.69, 9.17) is 4.74 Å². The number of aliphatic hydroxyl groups excluding tert-OH is 1. The third kappa shape index (κ3) is 4.36. The lowest BCUT2D eigenvalue weighted by Crippen LogP contribution is -2.32. The van der Waals surface area contributed by atoms with Crippen molar-refractivity contribution in [3.8, 4) is 5.75 Å². The van der Waals surface area contributed by atoms with E-state index in [0.717, 1.165) is 5.56 Å². The first-order valence-corrected chi connectivity index (χ1v) is 10.7. The van der Waals surface area contributed by atoms with Crippen LogP contribution in [-0.2, 0) is 9.59 Å². The molecule has 1 atom stereocenters. The van der Waals surface area contributed by atoms with E-state index in [1.165, 1.54) is 4.90 Å². The molecule has 0 saturated carbocycles. The third-order valence-electron chi connectivity index (χ3n) is 5.46. The highest BCUT2D eigenvalue weighted by molar-refractivity contribution is 6.17. The molecule has 1 aliphatic heterocycles. The van der Waals surface area contributed by atoms with Crippen LogP contribution < -0.4 is 9.64 Å². The second kappa shape index (κ2) is 8.58. The lowest BCUT2D eigenvalue weighted by atomic mass is 9.82. The number of aliphatic hydroxyl groups is 1. The molecule has 2 aromatic carbocycles. The van der Waals surface area contributed by atoms with E-state index < -0.39 is 23.1 Å². The summed E-state index contributed by atoms with van der Waals surface area (Å²) in [6, 6.07) is 14.3. The van der Waals surface area contributed by atoms with Crippen molar-refractivity contribution < 1.29 is 19.4 Å². The molecule has 31 heavy (non-hydrogen) atoms. The molecule has 0 aliphatic carbocycles. The molecule has 5 nitrogen and oxygen atoms in total. The van der Waals surface area contributed by atoms with Crippen molar-refractivity contribution in [2.75, 3.05) is 11.5 Å². The summed E-state index contributed by atoms with van der Waals surface area (Å²) >= 11 is 0. The zero-order valence-corrected chi connectivity index (χ0v) is 19.1. The number of hydrogen-bond donors (Lipinski definition) is 1. The summed E-state index contributed by atoms with van der Waals surface area (Å²) in [5.74, 6) is -0.314. The minimum atomic E-state index is -0.753. The molecule has 0 aromatic heterocycles. The highest BCUT2D eigenvalue weighted by Crippen LogP contribution is 2.44. The Balaban J connectivity index is 2.17. The molecule has 2 aromatic rings. The number of anilines is 1. The van der Waals surface area contributed by atoms with Crippen LogP contribution in [0.3, 0.4) is 0 Å². The highest BCUT2D eigenvalue weighted by atomic mass is 16.5. The van der Waals surface area contributed by atoms with Gasteiger partial charge in [-0.05, 0) is 48.2 Å². The van der Waals surface area contributed by atoms with E-state index in [1.807, 2.05) is 55.5 Å². The van der Waals surface area contributed by atoms with Crippen LogP contribution in [0.2, 0.25) is 0 Å². The van der Waals surface area contributed by atoms with Gasteiger partial charge in [-0.25, -0.2) is 0 Å². The maximum absolute atomic E-state index is 13.3. The van der Waals surface area contributed by atoms with Gasteiger partial charge in [-0.3, -0.25) is 14.5 Å². The quantitative estimate of drug-likeness (QED) is 0.647. The summed E-state index contributed by atoms with van der Waals surface area (Å²) in [4.78, 5) is 28.0. The Kier molecular flexibility index (Phi) is 6.25. The van der Waals surface area contributed by atoms with Gasteiger partial charge >= 0.3 is 0 Å². The normalized spacial score (nSPS) is 16.9. The van der Waals surface area contributed by atoms with Gasteiger partial charge in [0, 0.05) is 11.1 Å². The van der Waals surface area contributed by atoms with Gasteiger partial charge in [0.15, 0.2) is 11.5 Å². The molecule has 3 rings (SSSR count). The Bertz CT molecular complexity index is 1010. The molecule has 1 amide bonds. The summed E-state index contributed by atoms with van der Waals surface area (Å²) in [5.41, 5.74) is 1.86. The molecule has 1 N–H and O–H groups in total. The number of carbonyl (C=O) groups excluding carboxylic acids is 2. The monoisotopic (exact) mass is 421 g/mol. The fourth-order valence-electron chi connectivity index (χ4n) is 3.78. The van der Waals surface area contributed by atoms with Crippen molar-refractivity contribution in [3.63, 3.8) is 0 Å². The number of amides is 1. The average molecular weight is 422 g/mol. The van der Waals surface area contributed by atoms with E-state index in [9.17, 15) is 14.7 Å². The van der Waals surface area contributed by atoms with Crippen molar-refractivity contribution in [2.45, 2.75) is 53.5 Å². The maximum atomic E-state index is 13.3. The molecular formula is C26H31NO4. The van der Waals surface area contributed by atoms with E-state index in [1.54, 1.807) is 20.8 Å². The van der Waals surface area contributed by atoms with Gasteiger partial charge in [0.1, 0.15) is 5.75 Å². The van der Waals surface area contributed by atoms with Crippen molar-refractivity contribution >= 4 is 17.4 Å². The molecule has 0 bridgehead atoms. The maximum Gasteiger partial charge on any atom is 0.294 e. The van der Waals surface area contributed by atoms with Gasteiger partial charge in [0.05, 0.1) is 18.2 Å². The first kappa shape index (κ1) is 22.6. The zero-order valence-electron chi connectivity index (χ0n) is 19.1. The van der Waals surface area contributed by atoms with Crippen LogP contribution in [0.25, 0.3) is 0 Å². The SMILES string of the molecule is CCOc1cccc(C2C(C(=O)C(C)(C)C)=C(O)C(=O)N2c2ccc(C(C)C)cc2)c1. The predicted molar refractivity (Wildman–Crippen MR) is 122 cm³/mol. The third-order valence-corrected chi connectivity index (χ3v) is 5.46. The van der Waals surface area contributed by atoms with Gasteiger partial charge in [0.25, 0.3) is 5.91 Å². The van der Waals surface area contributed by atoms with E-state index in [0.29, 0.717) is 29.5 Å². The fraction of sp³-hybridized carbons (Fsp3) is 0.385. The first-order valence-electron chi connectivity index (χ1n) is 10.7. The van der Waals surface area contributed by atoms with Crippen LogP contribution in [0.1, 0.15) is 64.6 Å². The largest absolute Gasteiger partial charge is 0.503 e. The lowest BCUT2D eigenvalue weighted by Gasteiger charge is -2.29. The molecule has 1 unspecified atom stereocenters. The van der Waals surface area contributed by atoms with Crippen molar-refractivity contribution in [1.82, 2.24) is 0 Å². The summed E-state index contributed by atoms with van der Waals surface area (Å²) in [7, 11) is 0. The molecule has 1 heterocycles. The van der Waals surface area contributed by atoms with Gasteiger partial charge in [-0.1, -0.05) is 58.9 Å². The predicted octanol–water partition coefficient (Wildman–Crippen LogP) is 5.72. The fourth-order valence-corrected chi connectivity index (χ4v) is 3.78. The Morgan fingerprint density at radius 3 is 2.32 bits per heavy atom. The van der Waals surface area contributed by atoms with E-state index in [-0.39, 0.29) is 11.4 Å².